The molecular weight excluding hydrogens is 562 g/mol. The average molecular weight is 596 g/mol. The molecule has 0 bridgehead atoms. The van der Waals surface area contributed by atoms with E-state index in [1.165, 1.54) is 31.2 Å². The van der Waals surface area contributed by atoms with Crippen LogP contribution in [0.4, 0.5) is 0 Å². The fraction of sp³-hybridized carbons (Fsp3) is 0.265. The molecular formula is C34H33N3O4Ti. The second-order valence-corrected chi connectivity index (χ2v) is 10.1. The van der Waals surface area contributed by atoms with Gasteiger partial charge in [0, 0.05) is 19.0 Å². The Morgan fingerprint density at radius 1 is 0.571 bits per heavy atom. The fourth-order valence-corrected chi connectivity index (χ4v) is 5.53. The van der Waals surface area contributed by atoms with Crippen molar-refractivity contribution >= 4 is 0 Å². The predicted octanol–water partition coefficient (Wildman–Crippen LogP) is 3.88. The van der Waals surface area contributed by atoms with Gasteiger partial charge in [0.15, 0.2) is 0 Å². The molecule has 1 fully saturated rings. The monoisotopic (exact) mass is 595 g/mol. The van der Waals surface area contributed by atoms with Crippen LogP contribution >= 0.6 is 0 Å². The fourth-order valence-electron chi connectivity index (χ4n) is 5.53. The molecule has 5 rings (SSSR count). The standard InChI is InChI=1S/C32H34N2O4.C2H3N.Ti/c35-27-17-7-1-11-21(27)31(22-12-2-8-18-28(22)36)33-25-15-5-6-16-26(25)34-32(23-13-3-9-19-29(23)37)24-14-4-10-20-30(24)38;1-2-3;/h1-4,7-14,17-20,25-26,31-38H,5-6,15-16H2;1H3;/q;;+4/p-4/t25-,26-;;/m1../s1. The zero-order chi connectivity index (χ0) is 29.2. The molecule has 2 N–H and O–H groups in total. The van der Waals surface area contributed by atoms with Crippen molar-refractivity contribution in [2.75, 3.05) is 0 Å². The maximum absolute atomic E-state index is 12.9. The van der Waals surface area contributed by atoms with Crippen LogP contribution in [0, 0.1) is 11.3 Å². The number of hydrogen-bond donors (Lipinski definition) is 2. The van der Waals surface area contributed by atoms with Gasteiger partial charge in [-0.25, -0.2) is 0 Å². The minimum Gasteiger partial charge on any atom is -0.872 e. The van der Waals surface area contributed by atoms with Gasteiger partial charge in [0.05, 0.1) is 18.2 Å². The summed E-state index contributed by atoms with van der Waals surface area (Å²) in [6.45, 7) is 1.43. The van der Waals surface area contributed by atoms with Gasteiger partial charge in [-0.05, 0) is 35.1 Å². The van der Waals surface area contributed by atoms with Gasteiger partial charge < -0.3 is 31.1 Å². The van der Waals surface area contributed by atoms with E-state index in [-0.39, 0.29) is 56.8 Å². The normalized spacial score (nSPS) is 16.1. The summed E-state index contributed by atoms with van der Waals surface area (Å²) in [4.78, 5) is 0. The Labute approximate surface area is 262 Å². The molecule has 0 saturated heterocycles. The van der Waals surface area contributed by atoms with E-state index < -0.39 is 12.1 Å². The third-order valence-corrected chi connectivity index (χ3v) is 7.45. The Bertz CT molecular complexity index is 1280. The van der Waals surface area contributed by atoms with Crippen molar-refractivity contribution in [1.29, 1.82) is 5.26 Å². The maximum atomic E-state index is 12.9. The van der Waals surface area contributed by atoms with Gasteiger partial charge >= 0.3 is 21.7 Å². The molecule has 4 aromatic carbocycles. The van der Waals surface area contributed by atoms with E-state index in [1.54, 1.807) is 54.6 Å². The van der Waals surface area contributed by atoms with Gasteiger partial charge in [0.2, 0.25) is 0 Å². The summed E-state index contributed by atoms with van der Waals surface area (Å²) >= 11 is 0. The summed E-state index contributed by atoms with van der Waals surface area (Å²) in [5.41, 5.74) is 2.08. The van der Waals surface area contributed by atoms with Crippen molar-refractivity contribution in [3.05, 3.63) is 119 Å². The Morgan fingerprint density at radius 3 is 1.05 bits per heavy atom. The van der Waals surface area contributed by atoms with Gasteiger partial charge in [-0.2, -0.15) is 5.26 Å². The first-order valence-corrected chi connectivity index (χ1v) is 13.8. The topological polar surface area (TPSA) is 140 Å². The maximum Gasteiger partial charge on any atom is 4.00 e. The molecule has 0 amide bonds. The van der Waals surface area contributed by atoms with E-state index in [2.05, 4.69) is 10.6 Å². The molecule has 0 heterocycles. The first-order valence-electron chi connectivity index (χ1n) is 13.8. The van der Waals surface area contributed by atoms with E-state index in [0.29, 0.717) is 22.3 Å². The number of nitrogens with zero attached hydrogens (tertiary/aromatic N) is 1. The minimum absolute atomic E-state index is 0. The molecule has 4 aromatic rings. The Morgan fingerprint density at radius 2 is 0.810 bits per heavy atom. The van der Waals surface area contributed by atoms with Crippen LogP contribution in [0.15, 0.2) is 97.1 Å². The Hall–Kier alpha value is -3.80. The molecule has 0 radical (unpaired) electrons. The second-order valence-electron chi connectivity index (χ2n) is 10.1. The second kappa shape index (κ2) is 16.0. The van der Waals surface area contributed by atoms with Crippen molar-refractivity contribution in [3.8, 4) is 29.1 Å². The van der Waals surface area contributed by atoms with Gasteiger partial charge in [-0.15, -0.1) is 23.0 Å². The zero-order valence-corrected chi connectivity index (χ0v) is 25.0. The molecule has 42 heavy (non-hydrogen) atoms. The van der Waals surface area contributed by atoms with E-state index in [0.717, 1.165) is 25.7 Å². The predicted molar refractivity (Wildman–Crippen MR) is 151 cm³/mol. The number of hydrogen-bond acceptors (Lipinski definition) is 7. The number of rotatable bonds is 8. The van der Waals surface area contributed by atoms with Crippen molar-refractivity contribution in [1.82, 2.24) is 10.6 Å². The van der Waals surface area contributed by atoms with Crippen LogP contribution in [-0.2, 0) is 21.7 Å². The summed E-state index contributed by atoms with van der Waals surface area (Å²) in [7, 11) is 0. The molecule has 2 atom stereocenters. The molecule has 0 aromatic heterocycles. The third-order valence-electron chi connectivity index (χ3n) is 7.45. The zero-order valence-electron chi connectivity index (χ0n) is 23.5. The van der Waals surface area contributed by atoms with E-state index >= 15 is 0 Å². The number of nitriles is 1. The van der Waals surface area contributed by atoms with Crippen molar-refractivity contribution in [3.63, 3.8) is 0 Å². The van der Waals surface area contributed by atoms with Gasteiger partial charge in [-0.1, -0.05) is 110 Å². The first kappa shape index (κ1) is 32.7. The van der Waals surface area contributed by atoms with Gasteiger partial charge in [-0.3, -0.25) is 0 Å². The Balaban J connectivity index is 0.00000116. The molecule has 0 spiro atoms. The summed E-state index contributed by atoms with van der Waals surface area (Å²) in [5.74, 6) is -0.530. The SMILES string of the molecule is CC#N.[O-]c1ccccc1C(N[C@@H]1CCCC[C@H]1NC(c1ccccc1[O-])c1ccccc1[O-])c1ccccc1[O-].[Ti+4]. The number of nitrogens with one attached hydrogen (secondary N) is 2. The van der Waals surface area contributed by atoms with Crippen LogP contribution in [0.3, 0.4) is 0 Å². The van der Waals surface area contributed by atoms with Crippen LogP contribution in [-0.4, -0.2) is 12.1 Å². The number of para-hydroxylation sites is 4. The van der Waals surface area contributed by atoms with Crippen molar-refractivity contribution in [2.45, 2.75) is 56.8 Å². The molecule has 1 aliphatic carbocycles. The third kappa shape index (κ3) is 7.93. The average Bonchev–Trinajstić information content (AvgIpc) is 2.98. The largest absolute Gasteiger partial charge is 4.00 e. The van der Waals surface area contributed by atoms with Crippen LogP contribution in [0.5, 0.6) is 23.0 Å². The summed E-state index contributed by atoms with van der Waals surface area (Å²) in [5, 5.41) is 66.1. The minimum atomic E-state index is -0.582. The smallest absolute Gasteiger partial charge is 0.872 e. The van der Waals surface area contributed by atoms with E-state index in [1.807, 2.05) is 24.3 Å². The Kier molecular flexibility index (Phi) is 12.5. The number of benzene rings is 4. The molecule has 0 unspecified atom stereocenters. The molecule has 0 aliphatic heterocycles. The van der Waals surface area contributed by atoms with Crippen LogP contribution < -0.4 is 31.1 Å². The van der Waals surface area contributed by atoms with Crippen LogP contribution in [0.1, 0.15) is 66.9 Å². The summed E-state index contributed by atoms with van der Waals surface area (Å²) in [6, 6.07) is 27.5. The molecule has 1 aliphatic rings. The first-order chi connectivity index (χ1) is 19.9. The van der Waals surface area contributed by atoms with Gasteiger partial charge in [0.25, 0.3) is 0 Å². The van der Waals surface area contributed by atoms with Gasteiger partial charge in [0.1, 0.15) is 0 Å². The quantitative estimate of drug-likeness (QED) is 0.295. The van der Waals surface area contributed by atoms with E-state index in [4.69, 9.17) is 5.26 Å². The molecule has 7 nitrogen and oxygen atoms in total. The summed E-state index contributed by atoms with van der Waals surface area (Å²) in [6.07, 6.45) is 3.62. The van der Waals surface area contributed by atoms with E-state index in [9.17, 15) is 20.4 Å². The molecule has 8 heteroatoms. The molecule has 212 valence electrons. The van der Waals surface area contributed by atoms with Crippen molar-refractivity contribution in [2.24, 2.45) is 0 Å². The van der Waals surface area contributed by atoms with Crippen LogP contribution in [0.25, 0.3) is 0 Å². The van der Waals surface area contributed by atoms with Crippen LogP contribution in [0.2, 0.25) is 0 Å². The molecule has 1 saturated carbocycles. The van der Waals surface area contributed by atoms with Crippen molar-refractivity contribution < 1.29 is 42.1 Å². The summed E-state index contributed by atoms with van der Waals surface area (Å²) < 4.78 is 0.